The SMILES string of the molecule is CC1CCCC(NC(=O)c2cccc(OCC(=O)O)c2)C1. The molecule has 0 heterocycles. The highest BCUT2D eigenvalue weighted by molar-refractivity contribution is 5.94. The Morgan fingerprint density at radius 1 is 1.38 bits per heavy atom. The summed E-state index contributed by atoms with van der Waals surface area (Å²) in [6.45, 7) is 1.80. The molecule has 1 aliphatic carbocycles. The summed E-state index contributed by atoms with van der Waals surface area (Å²) in [5.74, 6) is -0.132. The molecule has 2 atom stereocenters. The summed E-state index contributed by atoms with van der Waals surface area (Å²) in [5.41, 5.74) is 0.496. The Morgan fingerprint density at radius 3 is 2.90 bits per heavy atom. The standard InChI is InChI=1S/C16H21NO4/c1-11-4-2-6-13(8-11)17-16(20)12-5-3-7-14(9-12)21-10-15(18)19/h3,5,7,9,11,13H,2,4,6,8,10H2,1H3,(H,17,20)(H,18,19). The van der Waals surface area contributed by atoms with Gasteiger partial charge in [-0.05, 0) is 37.0 Å². The van der Waals surface area contributed by atoms with E-state index < -0.39 is 12.6 Å². The van der Waals surface area contributed by atoms with Crippen LogP contribution in [0.4, 0.5) is 0 Å². The molecule has 1 aromatic carbocycles. The Hall–Kier alpha value is -2.04. The van der Waals surface area contributed by atoms with Crippen molar-refractivity contribution in [3.63, 3.8) is 0 Å². The molecule has 0 saturated heterocycles. The third kappa shape index (κ3) is 4.77. The molecule has 0 aromatic heterocycles. The summed E-state index contributed by atoms with van der Waals surface area (Å²) in [6, 6.07) is 6.84. The van der Waals surface area contributed by atoms with Crippen molar-refractivity contribution in [3.05, 3.63) is 29.8 Å². The van der Waals surface area contributed by atoms with Gasteiger partial charge in [-0.2, -0.15) is 0 Å². The zero-order chi connectivity index (χ0) is 15.2. The number of ether oxygens (including phenoxy) is 1. The maximum atomic E-state index is 12.2. The van der Waals surface area contributed by atoms with E-state index in [2.05, 4.69) is 12.2 Å². The van der Waals surface area contributed by atoms with E-state index in [0.29, 0.717) is 17.2 Å². The van der Waals surface area contributed by atoms with Crippen LogP contribution >= 0.6 is 0 Å². The molecule has 114 valence electrons. The first kappa shape index (κ1) is 15.4. The second kappa shape index (κ2) is 7.11. The molecule has 0 aliphatic heterocycles. The zero-order valence-electron chi connectivity index (χ0n) is 12.2. The van der Waals surface area contributed by atoms with Crippen LogP contribution in [0.3, 0.4) is 0 Å². The number of benzene rings is 1. The summed E-state index contributed by atoms with van der Waals surface area (Å²) in [7, 11) is 0. The summed E-state index contributed by atoms with van der Waals surface area (Å²) < 4.78 is 5.09. The van der Waals surface area contributed by atoms with Gasteiger partial charge < -0.3 is 15.2 Å². The topological polar surface area (TPSA) is 75.6 Å². The number of aliphatic carboxylic acids is 1. The highest BCUT2D eigenvalue weighted by Crippen LogP contribution is 2.24. The average Bonchev–Trinajstić information content (AvgIpc) is 2.45. The van der Waals surface area contributed by atoms with E-state index in [0.717, 1.165) is 19.3 Å². The maximum absolute atomic E-state index is 12.2. The fourth-order valence-electron chi connectivity index (χ4n) is 2.71. The molecule has 0 bridgehead atoms. The summed E-state index contributed by atoms with van der Waals surface area (Å²) in [6.07, 6.45) is 4.41. The van der Waals surface area contributed by atoms with Crippen LogP contribution in [0.5, 0.6) is 5.75 Å². The minimum atomic E-state index is -1.04. The molecule has 1 fully saturated rings. The van der Waals surface area contributed by atoms with E-state index >= 15 is 0 Å². The van der Waals surface area contributed by atoms with E-state index in [-0.39, 0.29) is 11.9 Å². The molecular formula is C16H21NO4. The number of carboxylic acid groups (broad SMARTS) is 1. The summed E-state index contributed by atoms with van der Waals surface area (Å²) in [5, 5.41) is 11.6. The molecule has 21 heavy (non-hydrogen) atoms. The minimum absolute atomic E-state index is 0.130. The van der Waals surface area contributed by atoms with Crippen LogP contribution in [0.1, 0.15) is 43.0 Å². The largest absolute Gasteiger partial charge is 0.482 e. The Morgan fingerprint density at radius 2 is 2.19 bits per heavy atom. The second-order valence-electron chi connectivity index (χ2n) is 5.65. The van der Waals surface area contributed by atoms with Gasteiger partial charge in [-0.3, -0.25) is 4.79 Å². The van der Waals surface area contributed by atoms with Gasteiger partial charge in [0.25, 0.3) is 5.91 Å². The predicted molar refractivity (Wildman–Crippen MR) is 78.5 cm³/mol. The molecule has 2 unspecified atom stereocenters. The molecule has 1 saturated carbocycles. The predicted octanol–water partition coefficient (Wildman–Crippen LogP) is 2.46. The minimum Gasteiger partial charge on any atom is -0.482 e. The lowest BCUT2D eigenvalue weighted by Crippen LogP contribution is -2.37. The number of carbonyl (C=O) groups excluding carboxylic acids is 1. The van der Waals surface area contributed by atoms with Crippen LogP contribution in [0.15, 0.2) is 24.3 Å². The van der Waals surface area contributed by atoms with Crippen molar-refractivity contribution >= 4 is 11.9 Å². The molecule has 0 spiro atoms. The van der Waals surface area contributed by atoms with Gasteiger partial charge >= 0.3 is 5.97 Å². The number of amides is 1. The van der Waals surface area contributed by atoms with Gasteiger partial charge in [0.1, 0.15) is 5.75 Å². The molecule has 2 N–H and O–H groups in total. The lowest BCUT2D eigenvalue weighted by atomic mass is 9.87. The van der Waals surface area contributed by atoms with Gasteiger partial charge in [0.2, 0.25) is 0 Å². The third-order valence-corrected chi connectivity index (χ3v) is 3.73. The van der Waals surface area contributed by atoms with E-state index in [1.54, 1.807) is 24.3 Å². The van der Waals surface area contributed by atoms with Gasteiger partial charge in [0, 0.05) is 11.6 Å². The summed E-state index contributed by atoms with van der Waals surface area (Å²) in [4.78, 5) is 22.7. The van der Waals surface area contributed by atoms with Crippen LogP contribution in [0, 0.1) is 5.92 Å². The van der Waals surface area contributed by atoms with E-state index in [9.17, 15) is 9.59 Å². The van der Waals surface area contributed by atoms with Crippen LogP contribution in [0.2, 0.25) is 0 Å². The van der Waals surface area contributed by atoms with Gasteiger partial charge in [0.05, 0.1) is 0 Å². The number of carboxylic acids is 1. The van der Waals surface area contributed by atoms with Gasteiger partial charge in [-0.15, -0.1) is 0 Å². The van der Waals surface area contributed by atoms with Crippen LogP contribution in [0.25, 0.3) is 0 Å². The van der Waals surface area contributed by atoms with Crippen molar-refractivity contribution in [2.24, 2.45) is 5.92 Å². The van der Waals surface area contributed by atoms with Crippen molar-refractivity contribution in [3.8, 4) is 5.75 Å². The number of hydrogen-bond donors (Lipinski definition) is 2. The molecule has 1 amide bonds. The summed E-state index contributed by atoms with van der Waals surface area (Å²) >= 11 is 0. The van der Waals surface area contributed by atoms with Crippen LogP contribution < -0.4 is 10.1 Å². The first-order valence-corrected chi connectivity index (χ1v) is 7.30. The maximum Gasteiger partial charge on any atom is 0.341 e. The molecule has 5 heteroatoms. The number of hydrogen-bond acceptors (Lipinski definition) is 3. The number of nitrogens with one attached hydrogen (secondary N) is 1. The highest BCUT2D eigenvalue weighted by Gasteiger charge is 2.21. The lowest BCUT2D eigenvalue weighted by molar-refractivity contribution is -0.139. The fraction of sp³-hybridized carbons (Fsp3) is 0.500. The number of rotatable bonds is 5. The zero-order valence-corrected chi connectivity index (χ0v) is 12.2. The normalized spacial score (nSPS) is 21.6. The highest BCUT2D eigenvalue weighted by atomic mass is 16.5. The van der Waals surface area contributed by atoms with Crippen molar-refractivity contribution in [1.82, 2.24) is 5.32 Å². The first-order valence-electron chi connectivity index (χ1n) is 7.30. The van der Waals surface area contributed by atoms with E-state index in [1.807, 2.05) is 0 Å². The van der Waals surface area contributed by atoms with E-state index in [1.165, 1.54) is 6.42 Å². The Balaban J connectivity index is 1.95. The lowest BCUT2D eigenvalue weighted by Gasteiger charge is -2.27. The van der Waals surface area contributed by atoms with Gasteiger partial charge in [0.15, 0.2) is 6.61 Å². The molecule has 5 nitrogen and oxygen atoms in total. The Kier molecular flexibility index (Phi) is 5.20. The monoisotopic (exact) mass is 291 g/mol. The number of carbonyl (C=O) groups is 2. The van der Waals surface area contributed by atoms with E-state index in [4.69, 9.17) is 9.84 Å². The smallest absolute Gasteiger partial charge is 0.341 e. The van der Waals surface area contributed by atoms with Crippen molar-refractivity contribution in [2.75, 3.05) is 6.61 Å². The molecule has 2 rings (SSSR count). The molecule has 1 aliphatic rings. The first-order chi connectivity index (χ1) is 10.0. The molecule has 0 radical (unpaired) electrons. The van der Waals surface area contributed by atoms with Crippen molar-refractivity contribution in [2.45, 2.75) is 38.6 Å². The van der Waals surface area contributed by atoms with Gasteiger partial charge in [-0.1, -0.05) is 25.8 Å². The second-order valence-corrected chi connectivity index (χ2v) is 5.65. The van der Waals surface area contributed by atoms with Crippen LogP contribution in [-0.2, 0) is 4.79 Å². The molecular weight excluding hydrogens is 270 g/mol. The Labute approximate surface area is 124 Å². The quantitative estimate of drug-likeness (QED) is 0.873. The third-order valence-electron chi connectivity index (χ3n) is 3.73. The Bertz CT molecular complexity index is 515. The fourth-order valence-corrected chi connectivity index (χ4v) is 2.71. The van der Waals surface area contributed by atoms with Gasteiger partial charge in [-0.25, -0.2) is 4.79 Å². The van der Waals surface area contributed by atoms with Crippen LogP contribution in [-0.4, -0.2) is 29.6 Å². The average molecular weight is 291 g/mol. The van der Waals surface area contributed by atoms with Crippen molar-refractivity contribution < 1.29 is 19.4 Å². The van der Waals surface area contributed by atoms with Crippen molar-refractivity contribution in [1.29, 1.82) is 0 Å². The molecule has 1 aromatic rings.